The minimum atomic E-state index is 0.200. The molecule has 134 valence electrons. The molecule has 0 fully saturated rings. The highest BCUT2D eigenvalue weighted by Gasteiger charge is 2.19. The van der Waals surface area contributed by atoms with Gasteiger partial charge < -0.3 is 15.4 Å². The number of anilines is 1. The van der Waals surface area contributed by atoms with E-state index in [2.05, 4.69) is 31.6 Å². The first-order chi connectivity index (χ1) is 13.0. The van der Waals surface area contributed by atoms with Gasteiger partial charge in [-0.3, -0.25) is 5.10 Å². The Bertz CT molecular complexity index is 1210. The summed E-state index contributed by atoms with van der Waals surface area (Å²) < 4.78 is 0. The molecule has 27 heavy (non-hydrogen) atoms. The molecular weight excluding hydrogens is 340 g/mol. The maximum absolute atomic E-state index is 10.1. The third-order valence-electron chi connectivity index (χ3n) is 4.86. The molecule has 0 amide bonds. The van der Waals surface area contributed by atoms with Gasteiger partial charge in [0, 0.05) is 24.2 Å². The van der Waals surface area contributed by atoms with Gasteiger partial charge in [-0.05, 0) is 42.7 Å². The molecule has 0 unspecified atom stereocenters. The number of phenolic OH excluding ortho intramolecular Hbond substituents is 1. The molecule has 0 spiro atoms. The van der Waals surface area contributed by atoms with Crippen LogP contribution in [0.2, 0.25) is 0 Å². The van der Waals surface area contributed by atoms with Crippen LogP contribution in [-0.4, -0.2) is 32.3 Å². The van der Waals surface area contributed by atoms with Crippen molar-refractivity contribution in [1.82, 2.24) is 20.2 Å². The SMILES string of the molecule is CNc1cn[nH]c1-c1cc2c(C#N)c(-c3c(C)ccc(O)c3C)cnc2[nH]1. The van der Waals surface area contributed by atoms with Gasteiger partial charge in [-0.2, -0.15) is 10.4 Å². The summed E-state index contributed by atoms with van der Waals surface area (Å²) >= 11 is 0. The molecule has 4 N–H and O–H groups in total. The number of rotatable bonds is 3. The number of fused-ring (bicyclic) bond motifs is 1. The van der Waals surface area contributed by atoms with Crippen LogP contribution in [0.1, 0.15) is 16.7 Å². The number of pyridine rings is 1. The zero-order valence-corrected chi connectivity index (χ0v) is 15.2. The fraction of sp³-hybridized carbons (Fsp3) is 0.150. The molecule has 1 aromatic carbocycles. The van der Waals surface area contributed by atoms with E-state index in [4.69, 9.17) is 0 Å². The van der Waals surface area contributed by atoms with Gasteiger partial charge in [0.05, 0.1) is 23.1 Å². The van der Waals surface area contributed by atoms with Gasteiger partial charge >= 0.3 is 0 Å². The standard InChI is InChI=1S/C20H18N6O/c1-10-4-5-17(27)11(2)18(10)14-8-23-20-12(13(14)7-21)6-15(25-20)19-16(22-3)9-24-26-19/h4-6,8-9,22,27H,1-3H3,(H,23,25)(H,24,26). The van der Waals surface area contributed by atoms with E-state index in [1.165, 1.54) is 0 Å². The van der Waals surface area contributed by atoms with Crippen molar-refractivity contribution in [2.45, 2.75) is 13.8 Å². The second-order valence-corrected chi connectivity index (χ2v) is 6.41. The molecule has 3 aromatic heterocycles. The summed E-state index contributed by atoms with van der Waals surface area (Å²) in [5.41, 5.74) is 6.82. The van der Waals surface area contributed by atoms with Crippen molar-refractivity contribution in [3.8, 4) is 34.3 Å². The number of aromatic nitrogens is 4. The Kier molecular flexibility index (Phi) is 3.81. The third kappa shape index (κ3) is 2.50. The number of aromatic amines is 2. The average molecular weight is 358 g/mol. The number of H-pyrrole nitrogens is 2. The summed E-state index contributed by atoms with van der Waals surface area (Å²) in [5, 5.41) is 30.8. The highest BCUT2D eigenvalue weighted by atomic mass is 16.3. The fourth-order valence-corrected chi connectivity index (χ4v) is 3.45. The minimum absolute atomic E-state index is 0.200. The summed E-state index contributed by atoms with van der Waals surface area (Å²) in [7, 11) is 1.82. The lowest BCUT2D eigenvalue weighted by atomic mass is 9.92. The molecule has 7 heteroatoms. The van der Waals surface area contributed by atoms with Gasteiger partial charge in [0.25, 0.3) is 0 Å². The van der Waals surface area contributed by atoms with E-state index in [0.717, 1.165) is 39.2 Å². The van der Waals surface area contributed by atoms with E-state index in [0.29, 0.717) is 16.8 Å². The largest absolute Gasteiger partial charge is 0.508 e. The van der Waals surface area contributed by atoms with Crippen LogP contribution in [0.15, 0.2) is 30.6 Å². The van der Waals surface area contributed by atoms with E-state index in [9.17, 15) is 10.4 Å². The lowest BCUT2D eigenvalue weighted by molar-refractivity contribution is 0.471. The molecule has 0 radical (unpaired) electrons. The molecular formula is C20H18N6O. The zero-order valence-electron chi connectivity index (χ0n) is 15.2. The number of aryl methyl sites for hydroxylation is 1. The number of hydrogen-bond donors (Lipinski definition) is 4. The highest BCUT2D eigenvalue weighted by molar-refractivity contribution is 5.95. The lowest BCUT2D eigenvalue weighted by Crippen LogP contribution is -1.94. The van der Waals surface area contributed by atoms with Crippen LogP contribution in [0.3, 0.4) is 0 Å². The molecule has 3 heterocycles. The Labute approximate surface area is 155 Å². The number of phenols is 1. The van der Waals surface area contributed by atoms with Crippen LogP contribution in [0.5, 0.6) is 5.75 Å². The summed E-state index contributed by atoms with van der Waals surface area (Å²) in [6.07, 6.45) is 3.38. The van der Waals surface area contributed by atoms with Gasteiger partial charge in [0.15, 0.2) is 0 Å². The molecule has 0 aliphatic carbocycles. The highest BCUT2D eigenvalue weighted by Crippen LogP contribution is 2.37. The number of nitrogens with one attached hydrogen (secondary N) is 3. The molecule has 0 atom stereocenters. The Balaban J connectivity index is 1.98. The lowest BCUT2D eigenvalue weighted by Gasteiger charge is -2.13. The molecule has 0 saturated heterocycles. The predicted molar refractivity (Wildman–Crippen MR) is 105 cm³/mol. The van der Waals surface area contributed by atoms with E-state index in [1.807, 2.05) is 33.0 Å². The number of nitrogens with zero attached hydrogens (tertiary/aromatic N) is 3. The van der Waals surface area contributed by atoms with Crippen molar-refractivity contribution in [3.05, 3.63) is 47.3 Å². The summed E-state index contributed by atoms with van der Waals surface area (Å²) in [4.78, 5) is 7.76. The van der Waals surface area contributed by atoms with Gasteiger partial charge in [-0.1, -0.05) is 6.07 Å². The van der Waals surface area contributed by atoms with Crippen molar-refractivity contribution in [2.24, 2.45) is 0 Å². The minimum Gasteiger partial charge on any atom is -0.508 e. The number of nitriles is 1. The van der Waals surface area contributed by atoms with E-state index in [-0.39, 0.29) is 5.75 Å². The quantitative estimate of drug-likeness (QED) is 0.444. The monoisotopic (exact) mass is 358 g/mol. The van der Waals surface area contributed by atoms with Crippen molar-refractivity contribution in [3.63, 3.8) is 0 Å². The predicted octanol–water partition coefficient (Wildman–Crippen LogP) is 3.86. The molecule has 7 nitrogen and oxygen atoms in total. The topological polar surface area (TPSA) is 113 Å². The van der Waals surface area contributed by atoms with Crippen LogP contribution in [0, 0.1) is 25.2 Å². The molecule has 4 aromatic rings. The smallest absolute Gasteiger partial charge is 0.139 e. The second kappa shape index (κ2) is 6.18. The maximum Gasteiger partial charge on any atom is 0.139 e. The van der Waals surface area contributed by atoms with Gasteiger partial charge in [-0.15, -0.1) is 0 Å². The van der Waals surface area contributed by atoms with E-state index in [1.54, 1.807) is 18.5 Å². The van der Waals surface area contributed by atoms with Crippen molar-refractivity contribution >= 4 is 16.7 Å². The van der Waals surface area contributed by atoms with Crippen LogP contribution in [-0.2, 0) is 0 Å². The van der Waals surface area contributed by atoms with Crippen LogP contribution in [0.4, 0.5) is 5.69 Å². The summed E-state index contributed by atoms with van der Waals surface area (Å²) in [6.45, 7) is 3.80. The van der Waals surface area contributed by atoms with Crippen LogP contribution >= 0.6 is 0 Å². The first-order valence-corrected chi connectivity index (χ1v) is 8.48. The van der Waals surface area contributed by atoms with E-state index >= 15 is 0 Å². The van der Waals surface area contributed by atoms with Crippen molar-refractivity contribution < 1.29 is 5.11 Å². The van der Waals surface area contributed by atoms with Gasteiger partial charge in [0.1, 0.15) is 23.2 Å². The molecule has 0 aliphatic rings. The Morgan fingerprint density at radius 3 is 2.78 bits per heavy atom. The third-order valence-corrected chi connectivity index (χ3v) is 4.86. The van der Waals surface area contributed by atoms with Crippen LogP contribution in [0.25, 0.3) is 33.5 Å². The van der Waals surface area contributed by atoms with Gasteiger partial charge in [-0.25, -0.2) is 4.98 Å². The van der Waals surface area contributed by atoms with Crippen LogP contribution < -0.4 is 5.32 Å². The van der Waals surface area contributed by atoms with Crippen molar-refractivity contribution in [2.75, 3.05) is 12.4 Å². The number of aromatic hydroxyl groups is 1. The summed E-state index contributed by atoms with van der Waals surface area (Å²) in [6, 6.07) is 7.72. The average Bonchev–Trinajstić information content (AvgIpc) is 3.30. The first kappa shape index (κ1) is 16.7. The summed E-state index contributed by atoms with van der Waals surface area (Å²) in [5.74, 6) is 0.200. The molecule has 0 aliphatic heterocycles. The Morgan fingerprint density at radius 2 is 2.04 bits per heavy atom. The zero-order chi connectivity index (χ0) is 19.1. The normalized spacial score (nSPS) is 10.9. The molecule has 4 rings (SSSR count). The number of hydrogen-bond acceptors (Lipinski definition) is 5. The first-order valence-electron chi connectivity index (χ1n) is 8.48. The second-order valence-electron chi connectivity index (χ2n) is 6.41. The van der Waals surface area contributed by atoms with Crippen molar-refractivity contribution in [1.29, 1.82) is 5.26 Å². The number of benzene rings is 1. The maximum atomic E-state index is 10.1. The molecule has 0 saturated carbocycles. The Hall–Kier alpha value is -3.79. The molecule has 0 bridgehead atoms. The van der Waals surface area contributed by atoms with Gasteiger partial charge in [0.2, 0.25) is 0 Å². The Morgan fingerprint density at radius 1 is 1.22 bits per heavy atom. The van der Waals surface area contributed by atoms with E-state index < -0.39 is 0 Å². The fourth-order valence-electron chi connectivity index (χ4n) is 3.45.